The normalized spacial score (nSPS) is 10.5. The van der Waals surface area contributed by atoms with Gasteiger partial charge in [0.1, 0.15) is 0 Å². The molecule has 1 heterocycles. The molecule has 0 atom stereocenters. The molecule has 0 aliphatic carbocycles. The lowest BCUT2D eigenvalue weighted by Gasteiger charge is -2.12. The van der Waals surface area contributed by atoms with E-state index in [9.17, 15) is 4.79 Å². The van der Waals surface area contributed by atoms with Crippen LogP contribution in [0, 0.1) is 0 Å². The zero-order valence-corrected chi connectivity index (χ0v) is 11.2. The fraction of sp³-hybridized carbons (Fsp3) is 0. The number of nitrogens with one attached hydrogen (secondary N) is 1. The minimum absolute atomic E-state index is 0.407. The Balaban J connectivity index is 2.06. The van der Waals surface area contributed by atoms with Crippen LogP contribution in [0.5, 0.6) is 0 Å². The highest BCUT2D eigenvalue weighted by Gasteiger charge is 2.07. The van der Waals surface area contributed by atoms with E-state index < -0.39 is 5.91 Å². The van der Waals surface area contributed by atoms with Gasteiger partial charge >= 0.3 is 0 Å². The summed E-state index contributed by atoms with van der Waals surface area (Å²) < 4.78 is 0. The van der Waals surface area contributed by atoms with Crippen LogP contribution in [0.4, 0.5) is 17.1 Å². The highest BCUT2D eigenvalue weighted by atomic mass is 16.1. The van der Waals surface area contributed by atoms with Crippen LogP contribution in [0.15, 0.2) is 54.7 Å². The Labute approximate surface area is 121 Å². The molecule has 5 nitrogen and oxygen atoms in total. The third kappa shape index (κ3) is 2.49. The van der Waals surface area contributed by atoms with Crippen molar-refractivity contribution in [2.75, 3.05) is 11.1 Å². The molecule has 0 bridgehead atoms. The minimum atomic E-state index is -0.488. The van der Waals surface area contributed by atoms with Gasteiger partial charge in [0.05, 0.1) is 16.9 Å². The molecule has 3 aromatic rings. The Morgan fingerprint density at radius 2 is 1.90 bits per heavy atom. The number of nitrogen functional groups attached to an aromatic ring is 1. The van der Waals surface area contributed by atoms with Crippen molar-refractivity contribution in [1.82, 2.24) is 4.98 Å². The summed E-state index contributed by atoms with van der Waals surface area (Å²) in [5, 5.41) is 4.21. The summed E-state index contributed by atoms with van der Waals surface area (Å²) in [6, 6.07) is 14.5. The van der Waals surface area contributed by atoms with Crippen molar-refractivity contribution in [3.8, 4) is 0 Å². The second-order valence-electron chi connectivity index (χ2n) is 4.67. The lowest BCUT2D eigenvalue weighted by molar-refractivity contribution is 0.100. The van der Waals surface area contributed by atoms with Gasteiger partial charge in [-0.1, -0.05) is 6.07 Å². The van der Waals surface area contributed by atoms with Gasteiger partial charge in [0.15, 0.2) is 0 Å². The molecule has 0 saturated carbocycles. The van der Waals surface area contributed by atoms with Crippen LogP contribution < -0.4 is 16.8 Å². The highest BCUT2D eigenvalue weighted by Crippen LogP contribution is 2.28. The van der Waals surface area contributed by atoms with E-state index in [1.165, 1.54) is 0 Å². The molecule has 0 aliphatic heterocycles. The van der Waals surface area contributed by atoms with Gasteiger partial charge in [-0.3, -0.25) is 9.78 Å². The van der Waals surface area contributed by atoms with Gasteiger partial charge in [-0.05, 0) is 42.5 Å². The van der Waals surface area contributed by atoms with Gasteiger partial charge in [-0.25, -0.2) is 0 Å². The molecule has 104 valence electrons. The van der Waals surface area contributed by atoms with Gasteiger partial charge in [0.2, 0.25) is 5.91 Å². The fourth-order valence-corrected chi connectivity index (χ4v) is 2.18. The number of carbonyl (C=O) groups is 1. The number of pyridine rings is 1. The Hall–Kier alpha value is -3.08. The second-order valence-corrected chi connectivity index (χ2v) is 4.67. The first-order chi connectivity index (χ1) is 10.1. The largest absolute Gasteiger partial charge is 0.397 e. The van der Waals surface area contributed by atoms with E-state index in [4.69, 9.17) is 11.5 Å². The van der Waals surface area contributed by atoms with Gasteiger partial charge in [-0.2, -0.15) is 0 Å². The number of hydrogen-bond acceptors (Lipinski definition) is 4. The zero-order valence-electron chi connectivity index (χ0n) is 11.2. The Bertz CT molecular complexity index is 824. The maximum Gasteiger partial charge on any atom is 0.248 e. The van der Waals surface area contributed by atoms with Crippen molar-refractivity contribution < 1.29 is 4.79 Å². The number of aromatic nitrogens is 1. The van der Waals surface area contributed by atoms with Crippen molar-refractivity contribution in [1.29, 1.82) is 0 Å². The molecule has 0 saturated heterocycles. The van der Waals surface area contributed by atoms with Crippen LogP contribution in [0.1, 0.15) is 10.4 Å². The fourth-order valence-electron chi connectivity index (χ4n) is 2.18. The molecule has 0 spiro atoms. The number of hydrogen-bond donors (Lipinski definition) is 3. The molecular formula is C16H14N4O. The number of anilines is 3. The number of primary amides is 1. The summed E-state index contributed by atoms with van der Waals surface area (Å²) in [5.41, 5.74) is 14.6. The van der Waals surface area contributed by atoms with Gasteiger partial charge in [0, 0.05) is 22.8 Å². The molecular weight excluding hydrogens is 264 g/mol. The summed E-state index contributed by atoms with van der Waals surface area (Å²) in [6.07, 6.45) is 1.74. The molecule has 5 heteroatoms. The van der Waals surface area contributed by atoms with Crippen LogP contribution >= 0.6 is 0 Å². The number of carbonyl (C=O) groups excluding carboxylic acids is 1. The Kier molecular flexibility index (Phi) is 3.16. The third-order valence-corrected chi connectivity index (χ3v) is 3.25. The molecule has 0 fully saturated rings. The van der Waals surface area contributed by atoms with Gasteiger partial charge in [0.25, 0.3) is 0 Å². The number of benzene rings is 2. The van der Waals surface area contributed by atoms with Crippen molar-refractivity contribution in [2.24, 2.45) is 5.73 Å². The molecule has 21 heavy (non-hydrogen) atoms. The van der Waals surface area contributed by atoms with E-state index in [2.05, 4.69) is 10.3 Å². The number of nitrogens with zero attached hydrogens (tertiary/aromatic N) is 1. The van der Waals surface area contributed by atoms with E-state index in [1.54, 1.807) is 24.4 Å². The van der Waals surface area contributed by atoms with E-state index >= 15 is 0 Å². The molecule has 3 rings (SSSR count). The number of amides is 1. The average molecular weight is 278 g/mol. The van der Waals surface area contributed by atoms with Crippen LogP contribution in [0.25, 0.3) is 10.9 Å². The maximum absolute atomic E-state index is 11.3. The maximum atomic E-state index is 11.3. The molecule has 0 unspecified atom stereocenters. The quantitative estimate of drug-likeness (QED) is 0.642. The smallest absolute Gasteiger partial charge is 0.248 e. The first-order valence-electron chi connectivity index (χ1n) is 6.45. The van der Waals surface area contributed by atoms with Gasteiger partial charge < -0.3 is 16.8 Å². The predicted octanol–water partition coefficient (Wildman–Crippen LogP) is 2.66. The summed E-state index contributed by atoms with van der Waals surface area (Å²) in [6.45, 7) is 0. The van der Waals surface area contributed by atoms with E-state index in [0.29, 0.717) is 16.9 Å². The number of fused-ring (bicyclic) bond motifs is 1. The SMILES string of the molecule is NC(=O)c1ccc(N)c(Nc2cccc3ncccc23)c1. The lowest BCUT2D eigenvalue weighted by atomic mass is 10.1. The van der Waals surface area contributed by atoms with Crippen LogP contribution in [0.3, 0.4) is 0 Å². The monoisotopic (exact) mass is 278 g/mol. The topological polar surface area (TPSA) is 94.0 Å². The second kappa shape index (κ2) is 5.13. The van der Waals surface area contributed by atoms with E-state index in [1.807, 2.05) is 30.3 Å². The first-order valence-corrected chi connectivity index (χ1v) is 6.45. The molecule has 2 aromatic carbocycles. The van der Waals surface area contributed by atoms with Crippen LogP contribution in [0.2, 0.25) is 0 Å². The molecule has 5 N–H and O–H groups in total. The van der Waals surface area contributed by atoms with Crippen LogP contribution in [-0.4, -0.2) is 10.9 Å². The van der Waals surface area contributed by atoms with E-state index in [0.717, 1.165) is 16.6 Å². The molecule has 1 amide bonds. The van der Waals surface area contributed by atoms with Crippen molar-refractivity contribution in [2.45, 2.75) is 0 Å². The van der Waals surface area contributed by atoms with Crippen molar-refractivity contribution in [3.63, 3.8) is 0 Å². The molecule has 1 aromatic heterocycles. The predicted molar refractivity (Wildman–Crippen MR) is 84.4 cm³/mol. The molecule has 0 aliphatic rings. The summed E-state index contributed by atoms with van der Waals surface area (Å²) in [4.78, 5) is 15.6. The summed E-state index contributed by atoms with van der Waals surface area (Å²) >= 11 is 0. The first kappa shape index (κ1) is 12.9. The minimum Gasteiger partial charge on any atom is -0.397 e. The lowest BCUT2D eigenvalue weighted by Crippen LogP contribution is -2.11. The summed E-state index contributed by atoms with van der Waals surface area (Å²) in [5.74, 6) is -0.488. The highest BCUT2D eigenvalue weighted by molar-refractivity contribution is 5.97. The van der Waals surface area contributed by atoms with Crippen molar-refractivity contribution in [3.05, 3.63) is 60.3 Å². The third-order valence-electron chi connectivity index (χ3n) is 3.25. The standard InChI is InChI=1S/C16H14N4O/c17-12-7-6-10(16(18)21)9-15(12)20-14-5-1-4-13-11(14)3-2-8-19-13/h1-9,20H,17H2,(H2,18,21). The van der Waals surface area contributed by atoms with Crippen molar-refractivity contribution >= 4 is 33.9 Å². The number of nitrogens with two attached hydrogens (primary N) is 2. The van der Waals surface area contributed by atoms with Gasteiger partial charge in [-0.15, -0.1) is 0 Å². The Morgan fingerprint density at radius 1 is 1.05 bits per heavy atom. The van der Waals surface area contributed by atoms with Crippen LogP contribution in [-0.2, 0) is 0 Å². The Morgan fingerprint density at radius 3 is 2.71 bits per heavy atom. The number of rotatable bonds is 3. The average Bonchev–Trinajstić information content (AvgIpc) is 2.49. The van der Waals surface area contributed by atoms with E-state index in [-0.39, 0.29) is 0 Å². The zero-order chi connectivity index (χ0) is 14.8. The molecule has 0 radical (unpaired) electrons. The summed E-state index contributed by atoms with van der Waals surface area (Å²) in [7, 11) is 0.